The number of piperazine rings is 1. The summed E-state index contributed by atoms with van der Waals surface area (Å²) in [7, 11) is 2.20. The molecule has 4 nitrogen and oxygen atoms in total. The summed E-state index contributed by atoms with van der Waals surface area (Å²) in [5, 5.41) is 0. The van der Waals surface area contributed by atoms with Crippen molar-refractivity contribution in [2.75, 3.05) is 38.1 Å². The Labute approximate surface area is 133 Å². The standard InChI is InChI=1S/C18H28N4/c1-5-6-13(2)18-19-16-12-15(11-14(3)17(16)20-18)22-9-7-21(4)8-10-22/h11-13H,5-10H2,1-4H3,(H,19,20). The van der Waals surface area contributed by atoms with Gasteiger partial charge in [0.15, 0.2) is 0 Å². The SMILES string of the molecule is CCCC(C)c1nc2c(C)cc(N3CCN(C)CC3)cc2[nH]1. The van der Waals surface area contributed by atoms with Crippen LogP contribution >= 0.6 is 0 Å². The van der Waals surface area contributed by atoms with Crippen LogP contribution in [0.2, 0.25) is 0 Å². The first-order valence-corrected chi connectivity index (χ1v) is 8.52. The minimum atomic E-state index is 0.504. The van der Waals surface area contributed by atoms with E-state index in [4.69, 9.17) is 4.98 Å². The van der Waals surface area contributed by atoms with Crippen molar-refractivity contribution in [1.29, 1.82) is 0 Å². The van der Waals surface area contributed by atoms with E-state index in [9.17, 15) is 0 Å². The normalized spacial score (nSPS) is 18.1. The van der Waals surface area contributed by atoms with Crippen LogP contribution in [0.5, 0.6) is 0 Å². The van der Waals surface area contributed by atoms with Gasteiger partial charge in [-0.25, -0.2) is 4.98 Å². The number of aromatic amines is 1. The number of hydrogen-bond acceptors (Lipinski definition) is 3. The molecule has 1 saturated heterocycles. The van der Waals surface area contributed by atoms with Crippen LogP contribution < -0.4 is 4.90 Å². The number of benzene rings is 1. The molecule has 1 aliphatic rings. The number of aryl methyl sites for hydroxylation is 1. The zero-order chi connectivity index (χ0) is 15.7. The van der Waals surface area contributed by atoms with Crippen LogP contribution in [0.15, 0.2) is 12.1 Å². The van der Waals surface area contributed by atoms with E-state index in [0.717, 1.165) is 37.5 Å². The lowest BCUT2D eigenvalue weighted by molar-refractivity contribution is 0.313. The average molecular weight is 300 g/mol. The summed E-state index contributed by atoms with van der Waals surface area (Å²) in [5.74, 6) is 1.64. The molecule has 0 radical (unpaired) electrons. The van der Waals surface area contributed by atoms with Gasteiger partial charge in [0.1, 0.15) is 5.82 Å². The molecule has 1 aromatic carbocycles. The second kappa shape index (κ2) is 6.29. The van der Waals surface area contributed by atoms with Gasteiger partial charge in [-0.1, -0.05) is 20.3 Å². The average Bonchev–Trinajstić information content (AvgIpc) is 2.93. The number of aromatic nitrogens is 2. The van der Waals surface area contributed by atoms with E-state index in [1.54, 1.807) is 0 Å². The maximum absolute atomic E-state index is 4.85. The van der Waals surface area contributed by atoms with Gasteiger partial charge in [-0.2, -0.15) is 0 Å². The number of anilines is 1. The first-order chi connectivity index (χ1) is 10.6. The van der Waals surface area contributed by atoms with Crippen molar-refractivity contribution in [2.45, 2.75) is 39.5 Å². The van der Waals surface area contributed by atoms with Crippen LogP contribution in [0.1, 0.15) is 44.0 Å². The zero-order valence-electron chi connectivity index (χ0n) is 14.3. The molecule has 1 fully saturated rings. The molecule has 3 rings (SSSR count). The number of nitrogens with one attached hydrogen (secondary N) is 1. The highest BCUT2D eigenvalue weighted by Gasteiger charge is 2.17. The lowest BCUT2D eigenvalue weighted by Gasteiger charge is -2.34. The van der Waals surface area contributed by atoms with E-state index in [-0.39, 0.29) is 0 Å². The summed E-state index contributed by atoms with van der Waals surface area (Å²) in [4.78, 5) is 13.3. The third-order valence-corrected chi connectivity index (χ3v) is 4.84. The Balaban J connectivity index is 1.90. The monoisotopic (exact) mass is 300 g/mol. The Morgan fingerprint density at radius 3 is 2.64 bits per heavy atom. The van der Waals surface area contributed by atoms with Crippen molar-refractivity contribution in [1.82, 2.24) is 14.9 Å². The van der Waals surface area contributed by atoms with E-state index in [2.05, 4.69) is 54.7 Å². The van der Waals surface area contributed by atoms with Crippen molar-refractivity contribution >= 4 is 16.7 Å². The number of hydrogen-bond donors (Lipinski definition) is 1. The topological polar surface area (TPSA) is 35.2 Å². The van der Waals surface area contributed by atoms with E-state index in [0.29, 0.717) is 5.92 Å². The summed E-state index contributed by atoms with van der Waals surface area (Å²) in [6, 6.07) is 4.57. The maximum Gasteiger partial charge on any atom is 0.110 e. The molecule has 22 heavy (non-hydrogen) atoms. The second-order valence-corrected chi connectivity index (χ2v) is 6.76. The van der Waals surface area contributed by atoms with Gasteiger partial charge in [0, 0.05) is 37.8 Å². The van der Waals surface area contributed by atoms with Crippen LogP contribution in [-0.2, 0) is 0 Å². The van der Waals surface area contributed by atoms with Crippen molar-refractivity contribution in [3.05, 3.63) is 23.5 Å². The Hall–Kier alpha value is -1.55. The largest absolute Gasteiger partial charge is 0.369 e. The third kappa shape index (κ3) is 2.98. The molecule has 0 bridgehead atoms. The number of imidazole rings is 1. The number of rotatable bonds is 4. The van der Waals surface area contributed by atoms with Gasteiger partial charge >= 0.3 is 0 Å². The van der Waals surface area contributed by atoms with Crippen molar-refractivity contribution < 1.29 is 0 Å². The van der Waals surface area contributed by atoms with E-state index >= 15 is 0 Å². The first kappa shape index (κ1) is 15.3. The molecule has 1 aromatic heterocycles. The highest BCUT2D eigenvalue weighted by Crippen LogP contribution is 2.28. The molecule has 1 aliphatic heterocycles. The number of nitrogens with zero attached hydrogens (tertiary/aromatic N) is 3. The molecule has 4 heteroatoms. The van der Waals surface area contributed by atoms with Crippen LogP contribution in [-0.4, -0.2) is 48.1 Å². The van der Waals surface area contributed by atoms with Crippen LogP contribution in [0, 0.1) is 6.92 Å². The molecule has 2 aromatic rings. The molecule has 120 valence electrons. The van der Waals surface area contributed by atoms with Gasteiger partial charge in [-0.3, -0.25) is 0 Å². The Kier molecular flexibility index (Phi) is 4.39. The van der Waals surface area contributed by atoms with Crippen molar-refractivity contribution in [3.63, 3.8) is 0 Å². The molecule has 0 saturated carbocycles. The minimum Gasteiger partial charge on any atom is -0.369 e. The molecule has 1 unspecified atom stereocenters. The second-order valence-electron chi connectivity index (χ2n) is 6.76. The summed E-state index contributed by atoms with van der Waals surface area (Å²) in [6.45, 7) is 11.2. The Morgan fingerprint density at radius 1 is 1.23 bits per heavy atom. The summed E-state index contributed by atoms with van der Waals surface area (Å²) in [5.41, 5.74) is 4.93. The fourth-order valence-corrected chi connectivity index (χ4v) is 3.34. The lowest BCUT2D eigenvalue weighted by Crippen LogP contribution is -2.44. The van der Waals surface area contributed by atoms with E-state index in [1.807, 2.05) is 0 Å². The van der Waals surface area contributed by atoms with Crippen molar-refractivity contribution in [2.24, 2.45) is 0 Å². The molecule has 0 spiro atoms. The minimum absolute atomic E-state index is 0.504. The number of H-pyrrole nitrogens is 1. The maximum atomic E-state index is 4.85. The quantitative estimate of drug-likeness (QED) is 0.938. The molecule has 1 N–H and O–H groups in total. The Bertz CT molecular complexity index is 638. The molecule has 1 atom stereocenters. The predicted molar refractivity (Wildman–Crippen MR) is 93.9 cm³/mol. The smallest absolute Gasteiger partial charge is 0.110 e. The fourth-order valence-electron chi connectivity index (χ4n) is 3.34. The molecular formula is C18H28N4. The van der Waals surface area contributed by atoms with Gasteiger partial charge in [0.05, 0.1) is 11.0 Å². The van der Waals surface area contributed by atoms with Crippen LogP contribution in [0.4, 0.5) is 5.69 Å². The third-order valence-electron chi connectivity index (χ3n) is 4.84. The lowest BCUT2D eigenvalue weighted by atomic mass is 10.1. The molecule has 2 heterocycles. The number of fused-ring (bicyclic) bond motifs is 1. The fraction of sp³-hybridized carbons (Fsp3) is 0.611. The van der Waals surface area contributed by atoms with Gasteiger partial charge in [-0.05, 0) is 38.1 Å². The highest BCUT2D eigenvalue weighted by molar-refractivity contribution is 5.83. The van der Waals surface area contributed by atoms with Crippen LogP contribution in [0.25, 0.3) is 11.0 Å². The highest BCUT2D eigenvalue weighted by atomic mass is 15.2. The van der Waals surface area contributed by atoms with Gasteiger partial charge in [0.25, 0.3) is 0 Å². The first-order valence-electron chi connectivity index (χ1n) is 8.52. The van der Waals surface area contributed by atoms with E-state index < -0.39 is 0 Å². The molecular weight excluding hydrogens is 272 g/mol. The van der Waals surface area contributed by atoms with Gasteiger partial charge in [-0.15, -0.1) is 0 Å². The van der Waals surface area contributed by atoms with Crippen LogP contribution in [0.3, 0.4) is 0 Å². The summed E-state index contributed by atoms with van der Waals surface area (Å²) >= 11 is 0. The Morgan fingerprint density at radius 2 is 1.95 bits per heavy atom. The zero-order valence-corrected chi connectivity index (χ0v) is 14.3. The van der Waals surface area contributed by atoms with Gasteiger partial charge in [0.2, 0.25) is 0 Å². The van der Waals surface area contributed by atoms with Crippen molar-refractivity contribution in [3.8, 4) is 0 Å². The molecule has 0 amide bonds. The van der Waals surface area contributed by atoms with E-state index in [1.165, 1.54) is 29.6 Å². The number of likely N-dealkylation sites (N-methyl/N-ethyl adjacent to an activating group) is 1. The molecule has 0 aliphatic carbocycles. The summed E-state index contributed by atoms with van der Waals surface area (Å²) < 4.78 is 0. The summed E-state index contributed by atoms with van der Waals surface area (Å²) in [6.07, 6.45) is 2.38. The van der Waals surface area contributed by atoms with Gasteiger partial charge < -0.3 is 14.8 Å². The predicted octanol–water partition coefficient (Wildman–Crippen LogP) is 3.53.